The van der Waals surface area contributed by atoms with Crippen molar-refractivity contribution in [2.45, 2.75) is 125 Å². The second-order valence-electron chi connectivity index (χ2n) is 16.4. The monoisotopic (exact) mass is 746 g/mol. The van der Waals surface area contributed by atoms with E-state index in [1.807, 2.05) is 43.3 Å². The second-order valence-corrected chi connectivity index (χ2v) is 18.6. The highest BCUT2D eigenvalue weighted by Crippen LogP contribution is 2.49. The van der Waals surface area contributed by atoms with Gasteiger partial charge in [-0.25, -0.2) is 18.2 Å². The molecule has 2 aliphatic carbocycles. The van der Waals surface area contributed by atoms with Crippen molar-refractivity contribution >= 4 is 44.7 Å². The number of benzene rings is 1. The number of fused-ring (bicyclic) bond motifs is 5. The van der Waals surface area contributed by atoms with Crippen molar-refractivity contribution in [2.75, 3.05) is 19.6 Å². The molecule has 1 aromatic heterocycles. The van der Waals surface area contributed by atoms with E-state index in [0.29, 0.717) is 57.4 Å². The van der Waals surface area contributed by atoms with Gasteiger partial charge in [0.1, 0.15) is 29.0 Å². The highest BCUT2D eigenvalue weighted by atomic mass is 32.2. The minimum atomic E-state index is -3.96. The number of ether oxygens (including phenoxy) is 1. The molecule has 8 rings (SSSR count). The Hall–Kier alpha value is -4.20. The molecule has 4 aliphatic heterocycles. The lowest BCUT2D eigenvalue weighted by Crippen LogP contribution is -2.59. The molecule has 0 bridgehead atoms. The lowest BCUT2D eigenvalue weighted by Gasteiger charge is -2.36. The molecule has 1 aromatic carbocycles. The average molecular weight is 747 g/mol. The number of nitrogens with one attached hydrogen (secondary N) is 3. The van der Waals surface area contributed by atoms with Gasteiger partial charge in [0.05, 0.1) is 22.5 Å². The third-order valence-electron chi connectivity index (χ3n) is 12.6. The van der Waals surface area contributed by atoms with Gasteiger partial charge in [-0.2, -0.15) is 0 Å². The van der Waals surface area contributed by atoms with Crippen molar-refractivity contribution in [2.24, 2.45) is 5.92 Å². The summed E-state index contributed by atoms with van der Waals surface area (Å²) in [6.07, 6.45) is 11.8. The van der Waals surface area contributed by atoms with Crippen LogP contribution >= 0.6 is 0 Å². The van der Waals surface area contributed by atoms with Crippen LogP contribution in [0, 0.1) is 12.8 Å². The minimum absolute atomic E-state index is 0.112. The Labute approximate surface area is 310 Å². The van der Waals surface area contributed by atoms with Crippen LogP contribution in [0.25, 0.3) is 10.9 Å². The first-order chi connectivity index (χ1) is 25.3. The molecule has 1 spiro atoms. The normalized spacial score (nSPS) is 31.6. The number of hydrogen-bond acceptors (Lipinski definition) is 8. The maximum atomic E-state index is 14.8. The summed E-state index contributed by atoms with van der Waals surface area (Å²) in [5, 5.41) is 7.00. The largest absolute Gasteiger partial charge is 0.483 e. The fourth-order valence-electron chi connectivity index (χ4n) is 8.80. The van der Waals surface area contributed by atoms with Gasteiger partial charge in [-0.3, -0.25) is 19.1 Å². The van der Waals surface area contributed by atoms with Gasteiger partial charge in [-0.05, 0) is 84.1 Å². The van der Waals surface area contributed by atoms with Gasteiger partial charge < -0.3 is 25.2 Å². The molecule has 5 heterocycles. The fraction of sp³-hybridized carbons (Fsp3) is 0.615. The highest BCUT2D eigenvalue weighted by Gasteiger charge is 2.64. The number of allylic oxidation sites excluding steroid dienone is 1. The van der Waals surface area contributed by atoms with E-state index >= 15 is 0 Å². The van der Waals surface area contributed by atoms with Gasteiger partial charge in [0.25, 0.3) is 5.91 Å². The molecular formula is C39H50N6O7S. The van der Waals surface area contributed by atoms with E-state index in [-0.39, 0.29) is 31.3 Å². The van der Waals surface area contributed by atoms with Crippen LogP contribution in [-0.2, 0) is 30.8 Å². The van der Waals surface area contributed by atoms with Crippen LogP contribution in [0.2, 0.25) is 0 Å². The number of sulfonamides is 1. The standard InChI is InChI=1S/C39H50N6O7S/c1-25-32-28(27-13-8-9-14-29(27)40-25)16-17-38(52-32)23-31-33(46)42-39(35(48)43-53(50,51)37(2)18-19-37)22-26(39)12-6-4-3-5-7-15-30(34(47)45(31)24-38)41-36(49)44-20-10-11-21-44/h6,8-9,12-14,26,30-31H,3-5,7,10-11,15-24H2,1-2H3,(H,41,49)(H,42,46)(H,43,48)/b12-6-/t26-,30-,31-,38+,39+/m0/s1. The molecule has 2 saturated carbocycles. The van der Waals surface area contributed by atoms with Crippen LogP contribution in [0.5, 0.6) is 5.75 Å². The van der Waals surface area contributed by atoms with Crippen LogP contribution in [0.3, 0.4) is 0 Å². The number of carbonyl (C=O) groups is 4. The molecule has 4 fully saturated rings. The third-order valence-corrected chi connectivity index (χ3v) is 14.7. The molecule has 2 aromatic rings. The Kier molecular flexibility index (Phi) is 8.97. The number of carbonyl (C=O) groups excluding carboxylic acids is 4. The van der Waals surface area contributed by atoms with Crippen LogP contribution in [0.15, 0.2) is 36.4 Å². The number of pyridine rings is 1. The third kappa shape index (κ3) is 6.54. The first-order valence-corrected chi connectivity index (χ1v) is 20.8. The first-order valence-electron chi connectivity index (χ1n) is 19.3. The van der Waals surface area contributed by atoms with E-state index in [0.717, 1.165) is 54.3 Å². The predicted octanol–water partition coefficient (Wildman–Crippen LogP) is 3.78. The molecule has 14 heteroatoms. The van der Waals surface area contributed by atoms with Crippen molar-refractivity contribution in [3.8, 4) is 5.75 Å². The van der Waals surface area contributed by atoms with Gasteiger partial charge in [0, 0.05) is 36.4 Å². The van der Waals surface area contributed by atoms with Gasteiger partial charge in [0.15, 0.2) is 0 Å². The molecule has 3 N–H and O–H groups in total. The van der Waals surface area contributed by atoms with E-state index < -0.39 is 55.7 Å². The minimum Gasteiger partial charge on any atom is -0.483 e. The summed E-state index contributed by atoms with van der Waals surface area (Å²) in [7, 11) is -3.96. The lowest BCUT2D eigenvalue weighted by atomic mass is 9.87. The number of likely N-dealkylation sites (tertiary alicyclic amines) is 1. The van der Waals surface area contributed by atoms with Crippen LogP contribution in [0.4, 0.5) is 4.79 Å². The average Bonchev–Trinajstić information content (AvgIpc) is 3.90. The number of amides is 5. The molecule has 53 heavy (non-hydrogen) atoms. The van der Waals surface area contributed by atoms with E-state index in [2.05, 4.69) is 15.4 Å². The summed E-state index contributed by atoms with van der Waals surface area (Å²) in [5.74, 6) is -1.40. The summed E-state index contributed by atoms with van der Waals surface area (Å²) in [5.41, 5.74) is 0.254. The Bertz CT molecular complexity index is 1990. The molecule has 6 aliphatic rings. The van der Waals surface area contributed by atoms with Crippen LogP contribution in [0.1, 0.15) is 95.2 Å². The predicted molar refractivity (Wildman–Crippen MR) is 197 cm³/mol. The number of urea groups is 1. The van der Waals surface area contributed by atoms with Gasteiger partial charge >= 0.3 is 6.03 Å². The number of aryl methyl sites for hydroxylation is 2. The lowest BCUT2D eigenvalue weighted by molar-refractivity contribution is -0.141. The Morgan fingerprint density at radius 2 is 1.79 bits per heavy atom. The quantitative estimate of drug-likeness (QED) is 0.398. The number of rotatable bonds is 4. The Morgan fingerprint density at radius 1 is 1.02 bits per heavy atom. The summed E-state index contributed by atoms with van der Waals surface area (Å²) in [4.78, 5) is 64.8. The molecule has 0 radical (unpaired) electrons. The number of para-hydroxylation sites is 1. The van der Waals surface area contributed by atoms with Gasteiger partial charge in [-0.15, -0.1) is 0 Å². The number of nitrogens with zero attached hydrogens (tertiary/aromatic N) is 3. The van der Waals surface area contributed by atoms with Crippen molar-refractivity contribution < 1.29 is 32.3 Å². The van der Waals surface area contributed by atoms with Gasteiger partial charge in [-0.1, -0.05) is 43.2 Å². The van der Waals surface area contributed by atoms with Crippen molar-refractivity contribution in [1.29, 1.82) is 0 Å². The first kappa shape index (κ1) is 35.8. The van der Waals surface area contributed by atoms with Crippen molar-refractivity contribution in [3.63, 3.8) is 0 Å². The molecule has 13 nitrogen and oxygen atoms in total. The van der Waals surface area contributed by atoms with Crippen molar-refractivity contribution in [1.82, 2.24) is 30.1 Å². The molecule has 284 valence electrons. The summed E-state index contributed by atoms with van der Waals surface area (Å²) in [6, 6.07) is 5.76. The molecule has 5 atom stereocenters. The molecule has 5 amide bonds. The summed E-state index contributed by atoms with van der Waals surface area (Å²) < 4.78 is 34.6. The van der Waals surface area contributed by atoms with E-state index in [9.17, 15) is 27.6 Å². The zero-order chi connectivity index (χ0) is 37.2. The summed E-state index contributed by atoms with van der Waals surface area (Å²) in [6.45, 7) is 4.89. The molecule has 0 unspecified atom stereocenters. The smallest absolute Gasteiger partial charge is 0.318 e. The van der Waals surface area contributed by atoms with Crippen LogP contribution < -0.4 is 20.1 Å². The van der Waals surface area contributed by atoms with E-state index in [1.165, 1.54) is 0 Å². The zero-order valence-corrected chi connectivity index (χ0v) is 31.4. The summed E-state index contributed by atoms with van der Waals surface area (Å²) >= 11 is 0. The second kappa shape index (κ2) is 13.3. The van der Waals surface area contributed by atoms with Crippen molar-refractivity contribution in [3.05, 3.63) is 47.7 Å². The Morgan fingerprint density at radius 3 is 2.57 bits per heavy atom. The number of hydrogen-bond donors (Lipinski definition) is 3. The number of aromatic nitrogens is 1. The maximum absolute atomic E-state index is 14.8. The van der Waals surface area contributed by atoms with E-state index in [4.69, 9.17) is 9.72 Å². The van der Waals surface area contributed by atoms with Crippen LogP contribution in [-0.4, -0.2) is 94.6 Å². The topological polar surface area (TPSA) is 167 Å². The maximum Gasteiger partial charge on any atom is 0.318 e. The van der Waals surface area contributed by atoms with Gasteiger partial charge in [0.2, 0.25) is 21.8 Å². The highest BCUT2D eigenvalue weighted by molar-refractivity contribution is 7.91. The van der Waals surface area contributed by atoms with E-state index in [1.54, 1.807) is 16.7 Å². The molecule has 2 saturated heterocycles. The Balaban J connectivity index is 1.13. The fourth-order valence-corrected chi connectivity index (χ4v) is 10.1. The zero-order valence-electron chi connectivity index (χ0n) is 30.6. The molecular weight excluding hydrogens is 697 g/mol. The SMILES string of the molecule is Cc1nc2ccccc2c2c1O[C@]1(CC2)C[C@H]2C(=O)N[C@]3(C(=O)NS(=O)(=O)C4(C)CC4)C[C@@H]3/C=C\CCCCC[C@H](NC(=O)N3CCCC3)C(=O)N2C1.